The number of rotatable bonds is 29. The van der Waals surface area contributed by atoms with Crippen LogP contribution in [0.15, 0.2) is 12.7 Å². The van der Waals surface area contributed by atoms with E-state index in [1.807, 2.05) is 0 Å². The second kappa shape index (κ2) is 29.0. The molecule has 0 amide bonds. The van der Waals surface area contributed by atoms with Gasteiger partial charge >= 0.3 is 0 Å². The molecular weight excluding hydrogens is 470 g/mol. The van der Waals surface area contributed by atoms with E-state index in [0.29, 0.717) is 11.8 Å². The van der Waals surface area contributed by atoms with E-state index < -0.39 is 0 Å². The van der Waals surface area contributed by atoms with Gasteiger partial charge in [-0.25, -0.2) is 0 Å². The summed E-state index contributed by atoms with van der Waals surface area (Å²) in [6.07, 6.45) is 38.7. The Bertz CT molecular complexity index is 441. The molecule has 0 aromatic heterocycles. The fourth-order valence-corrected chi connectivity index (χ4v) is 6.19. The van der Waals surface area contributed by atoms with Gasteiger partial charge in [-0.05, 0) is 44.9 Å². The smallest absolute Gasteiger partial charge is 0.0128 e. The summed E-state index contributed by atoms with van der Waals surface area (Å²) in [4.78, 5) is 0. The van der Waals surface area contributed by atoms with Gasteiger partial charge in [0.2, 0.25) is 0 Å². The van der Waals surface area contributed by atoms with Gasteiger partial charge in [0.1, 0.15) is 0 Å². The molecule has 0 aliphatic heterocycles. The lowest BCUT2D eigenvalue weighted by atomic mass is 9.72. The molecule has 0 aliphatic carbocycles. The SMILES string of the molecule is C=CCC(CCCCCCCCCCC)C(CCCCCCCCCCCCCCCC)C(C)(C)N.Cl. The Hall–Kier alpha value is -0.0100. The Morgan fingerprint density at radius 3 is 1.14 bits per heavy atom. The molecule has 2 atom stereocenters. The lowest BCUT2D eigenvalue weighted by molar-refractivity contribution is 0.184. The van der Waals surface area contributed by atoms with Crippen LogP contribution in [0.1, 0.15) is 195 Å². The summed E-state index contributed by atoms with van der Waals surface area (Å²) < 4.78 is 0. The lowest BCUT2D eigenvalue weighted by Gasteiger charge is -2.37. The highest BCUT2D eigenvalue weighted by Gasteiger charge is 2.31. The third kappa shape index (κ3) is 26.0. The second-order valence-corrected chi connectivity index (χ2v) is 12.7. The van der Waals surface area contributed by atoms with E-state index in [1.165, 1.54) is 161 Å². The topological polar surface area (TPSA) is 26.0 Å². The van der Waals surface area contributed by atoms with Gasteiger partial charge in [-0.2, -0.15) is 0 Å². The second-order valence-electron chi connectivity index (χ2n) is 12.7. The van der Waals surface area contributed by atoms with E-state index in [2.05, 4.69) is 40.3 Å². The Balaban J connectivity index is 0. The van der Waals surface area contributed by atoms with Crippen molar-refractivity contribution in [1.29, 1.82) is 0 Å². The molecule has 2 unspecified atom stereocenters. The summed E-state index contributed by atoms with van der Waals surface area (Å²) in [5.41, 5.74) is 6.66. The maximum absolute atomic E-state index is 6.74. The van der Waals surface area contributed by atoms with Crippen LogP contribution in [-0.4, -0.2) is 5.54 Å². The fourth-order valence-electron chi connectivity index (χ4n) is 6.19. The van der Waals surface area contributed by atoms with E-state index >= 15 is 0 Å². The molecule has 2 N–H and O–H groups in total. The molecule has 0 radical (unpaired) electrons. The molecule has 0 saturated carbocycles. The Kier molecular flexibility index (Phi) is 30.7. The summed E-state index contributed by atoms with van der Waals surface area (Å²) in [5.74, 6) is 1.34. The predicted molar refractivity (Wildman–Crippen MR) is 174 cm³/mol. The normalized spacial score (nSPS) is 13.3. The minimum Gasteiger partial charge on any atom is -0.325 e. The quantitative estimate of drug-likeness (QED) is 0.0738. The third-order valence-corrected chi connectivity index (χ3v) is 8.54. The van der Waals surface area contributed by atoms with Gasteiger partial charge in [-0.15, -0.1) is 19.0 Å². The van der Waals surface area contributed by atoms with Gasteiger partial charge < -0.3 is 5.73 Å². The number of hydrogen-bond acceptors (Lipinski definition) is 1. The number of nitrogens with two attached hydrogens (primary N) is 1. The van der Waals surface area contributed by atoms with Crippen LogP contribution in [-0.2, 0) is 0 Å². The van der Waals surface area contributed by atoms with E-state index in [-0.39, 0.29) is 17.9 Å². The molecule has 224 valence electrons. The molecule has 0 aromatic carbocycles. The van der Waals surface area contributed by atoms with Gasteiger partial charge in [0, 0.05) is 5.54 Å². The molecule has 1 nitrogen and oxygen atoms in total. The highest BCUT2D eigenvalue weighted by atomic mass is 35.5. The van der Waals surface area contributed by atoms with Gasteiger partial charge in [-0.1, -0.05) is 168 Å². The van der Waals surface area contributed by atoms with Crippen molar-refractivity contribution in [3.05, 3.63) is 12.7 Å². The molecule has 0 saturated heterocycles. The molecule has 37 heavy (non-hydrogen) atoms. The molecule has 0 aromatic rings. The van der Waals surface area contributed by atoms with Crippen LogP contribution in [0, 0.1) is 11.8 Å². The standard InChI is InChI=1S/C35H71N.ClH/c1-6-9-11-13-15-17-18-19-20-21-23-25-27-29-32-34(35(4,5)36)33(30-8-3)31-28-26-24-22-16-14-12-10-7-2;/h8,33-34H,3,6-7,9-32,36H2,1-2,4-5H3;1H. The van der Waals surface area contributed by atoms with Crippen LogP contribution in [0.3, 0.4) is 0 Å². The number of unbranched alkanes of at least 4 members (excludes halogenated alkanes) is 21. The first kappa shape index (κ1) is 39.1. The lowest BCUT2D eigenvalue weighted by Crippen LogP contribution is -2.44. The average Bonchev–Trinajstić information content (AvgIpc) is 2.84. The molecule has 2 heteroatoms. The average molecular weight is 542 g/mol. The Morgan fingerprint density at radius 2 is 0.838 bits per heavy atom. The zero-order chi connectivity index (χ0) is 26.7. The summed E-state index contributed by atoms with van der Waals surface area (Å²) in [6.45, 7) is 13.2. The highest BCUT2D eigenvalue weighted by molar-refractivity contribution is 5.85. The van der Waals surface area contributed by atoms with E-state index in [1.54, 1.807) is 0 Å². The number of allylic oxidation sites excluding steroid dienone is 1. The van der Waals surface area contributed by atoms with Crippen molar-refractivity contribution in [2.45, 2.75) is 200 Å². The van der Waals surface area contributed by atoms with Gasteiger partial charge in [0.15, 0.2) is 0 Å². The molecule has 0 heterocycles. The molecule has 0 bridgehead atoms. The highest BCUT2D eigenvalue weighted by Crippen LogP contribution is 2.34. The largest absolute Gasteiger partial charge is 0.325 e. The van der Waals surface area contributed by atoms with Crippen molar-refractivity contribution in [2.75, 3.05) is 0 Å². The van der Waals surface area contributed by atoms with Gasteiger partial charge in [-0.3, -0.25) is 0 Å². The van der Waals surface area contributed by atoms with Crippen LogP contribution in [0.4, 0.5) is 0 Å². The van der Waals surface area contributed by atoms with Crippen LogP contribution < -0.4 is 5.73 Å². The molecule has 0 aliphatic rings. The van der Waals surface area contributed by atoms with E-state index in [0.717, 1.165) is 6.42 Å². The van der Waals surface area contributed by atoms with Crippen LogP contribution in [0.5, 0.6) is 0 Å². The van der Waals surface area contributed by atoms with Crippen LogP contribution >= 0.6 is 12.4 Å². The van der Waals surface area contributed by atoms with Gasteiger partial charge in [0.25, 0.3) is 0 Å². The van der Waals surface area contributed by atoms with Crippen molar-refractivity contribution in [3.8, 4) is 0 Å². The number of halogens is 1. The van der Waals surface area contributed by atoms with Crippen molar-refractivity contribution in [3.63, 3.8) is 0 Å². The van der Waals surface area contributed by atoms with Crippen LogP contribution in [0.2, 0.25) is 0 Å². The van der Waals surface area contributed by atoms with Gasteiger partial charge in [0.05, 0.1) is 0 Å². The molecular formula is C35H72ClN. The summed E-state index contributed by atoms with van der Waals surface area (Å²) in [6, 6.07) is 0. The maximum Gasteiger partial charge on any atom is 0.0128 e. The maximum atomic E-state index is 6.74. The summed E-state index contributed by atoms with van der Waals surface area (Å²) in [7, 11) is 0. The first-order valence-corrected chi connectivity index (χ1v) is 16.9. The first-order valence-electron chi connectivity index (χ1n) is 16.9. The zero-order valence-electron chi connectivity index (χ0n) is 26.3. The van der Waals surface area contributed by atoms with Crippen molar-refractivity contribution in [2.24, 2.45) is 17.6 Å². The summed E-state index contributed by atoms with van der Waals surface area (Å²) in [5, 5.41) is 0. The Morgan fingerprint density at radius 1 is 0.541 bits per heavy atom. The van der Waals surface area contributed by atoms with Crippen molar-refractivity contribution < 1.29 is 0 Å². The predicted octanol–water partition coefficient (Wildman–Crippen LogP) is 12.7. The zero-order valence-corrected chi connectivity index (χ0v) is 27.1. The molecule has 0 rings (SSSR count). The summed E-state index contributed by atoms with van der Waals surface area (Å²) >= 11 is 0. The van der Waals surface area contributed by atoms with E-state index in [4.69, 9.17) is 5.73 Å². The Labute approximate surface area is 242 Å². The minimum absolute atomic E-state index is 0. The molecule has 0 fully saturated rings. The van der Waals surface area contributed by atoms with E-state index in [9.17, 15) is 0 Å². The van der Waals surface area contributed by atoms with Crippen molar-refractivity contribution >= 4 is 12.4 Å². The fraction of sp³-hybridized carbons (Fsp3) is 0.943. The molecule has 0 spiro atoms. The third-order valence-electron chi connectivity index (χ3n) is 8.54. The van der Waals surface area contributed by atoms with Crippen molar-refractivity contribution in [1.82, 2.24) is 0 Å². The monoisotopic (exact) mass is 542 g/mol. The minimum atomic E-state index is -0.0799. The first-order chi connectivity index (χ1) is 17.5. The number of hydrogen-bond donors (Lipinski definition) is 1. The van der Waals surface area contributed by atoms with Crippen LogP contribution in [0.25, 0.3) is 0 Å².